The molecule has 0 aliphatic heterocycles. The van der Waals surface area contributed by atoms with Gasteiger partial charge >= 0.3 is 0 Å². The molecule has 3 rings (SSSR count). The van der Waals surface area contributed by atoms with Gasteiger partial charge in [0, 0.05) is 29.8 Å². The number of carbonyl (C=O) groups excluding carboxylic acids is 2. The molecular weight excluding hydrogens is 500 g/mol. The Hall–Kier alpha value is -2.76. The maximum Gasteiger partial charge on any atom is 0.243 e. The Kier molecular flexibility index (Phi) is 11.1. The van der Waals surface area contributed by atoms with Gasteiger partial charge in [-0.25, -0.2) is 0 Å². The standard InChI is InChI=1S/C31H37ClN2O2S/c1-5-24(4)33-31(36)29(18-25-9-7-6-8-10-25)34(19-26-11-13-28(32)14-12-26)30(35)21-37-20-27-16-22(2)15-23(3)17-27/h6-17,24,29H,5,18-21H2,1-4H3,(H,33,36). The summed E-state index contributed by atoms with van der Waals surface area (Å²) in [6, 6.07) is 23.2. The van der Waals surface area contributed by atoms with Crippen LogP contribution >= 0.6 is 23.4 Å². The maximum absolute atomic E-state index is 13.7. The molecule has 0 aliphatic rings. The van der Waals surface area contributed by atoms with Crippen LogP contribution in [-0.4, -0.2) is 34.6 Å². The first-order valence-corrected chi connectivity index (χ1v) is 14.3. The monoisotopic (exact) mass is 536 g/mol. The van der Waals surface area contributed by atoms with Gasteiger partial charge in [-0.1, -0.05) is 90.3 Å². The third-order valence-electron chi connectivity index (χ3n) is 6.31. The summed E-state index contributed by atoms with van der Waals surface area (Å²) in [5.74, 6) is 0.859. The number of nitrogens with zero attached hydrogens (tertiary/aromatic N) is 1. The zero-order chi connectivity index (χ0) is 26.8. The minimum atomic E-state index is -0.624. The lowest BCUT2D eigenvalue weighted by atomic mass is 10.0. The Morgan fingerprint density at radius 1 is 0.919 bits per heavy atom. The number of thioether (sulfide) groups is 1. The topological polar surface area (TPSA) is 49.4 Å². The summed E-state index contributed by atoms with van der Waals surface area (Å²) in [5.41, 5.74) is 5.59. The van der Waals surface area contributed by atoms with Crippen LogP contribution in [0.5, 0.6) is 0 Å². The molecule has 4 nitrogen and oxygen atoms in total. The van der Waals surface area contributed by atoms with Crippen LogP contribution in [0, 0.1) is 13.8 Å². The molecule has 0 spiro atoms. The first-order valence-electron chi connectivity index (χ1n) is 12.8. The van der Waals surface area contributed by atoms with Crippen LogP contribution < -0.4 is 5.32 Å². The number of halogens is 1. The lowest BCUT2D eigenvalue weighted by Gasteiger charge is -2.32. The van der Waals surface area contributed by atoms with Crippen LogP contribution in [0.4, 0.5) is 0 Å². The molecule has 6 heteroatoms. The second-order valence-corrected chi connectivity index (χ2v) is 11.1. The summed E-state index contributed by atoms with van der Waals surface area (Å²) in [6.07, 6.45) is 1.27. The van der Waals surface area contributed by atoms with E-state index in [0.717, 1.165) is 23.3 Å². The lowest BCUT2D eigenvalue weighted by Crippen LogP contribution is -2.52. The molecule has 0 aliphatic carbocycles. The van der Waals surface area contributed by atoms with Crippen molar-refractivity contribution >= 4 is 35.2 Å². The minimum Gasteiger partial charge on any atom is -0.352 e. The minimum absolute atomic E-state index is 0.0252. The van der Waals surface area contributed by atoms with Crippen molar-refractivity contribution < 1.29 is 9.59 Å². The van der Waals surface area contributed by atoms with Crippen molar-refractivity contribution in [1.82, 2.24) is 10.2 Å². The molecule has 0 aromatic heterocycles. The van der Waals surface area contributed by atoms with Gasteiger partial charge in [0.25, 0.3) is 0 Å². The normalized spacial score (nSPS) is 12.6. The first-order chi connectivity index (χ1) is 17.7. The molecule has 2 atom stereocenters. The smallest absolute Gasteiger partial charge is 0.243 e. The summed E-state index contributed by atoms with van der Waals surface area (Å²) in [5, 5.41) is 3.75. The number of benzene rings is 3. The highest BCUT2D eigenvalue weighted by molar-refractivity contribution is 7.99. The van der Waals surface area contributed by atoms with Gasteiger partial charge in [-0.05, 0) is 56.0 Å². The molecule has 0 heterocycles. The van der Waals surface area contributed by atoms with E-state index in [1.807, 2.05) is 68.4 Å². The summed E-state index contributed by atoms with van der Waals surface area (Å²) >= 11 is 7.69. The van der Waals surface area contributed by atoms with Crippen LogP contribution in [0.2, 0.25) is 5.02 Å². The van der Waals surface area contributed by atoms with E-state index < -0.39 is 6.04 Å². The van der Waals surface area contributed by atoms with E-state index in [-0.39, 0.29) is 17.9 Å². The van der Waals surface area contributed by atoms with Crippen LogP contribution in [-0.2, 0) is 28.3 Å². The molecule has 37 heavy (non-hydrogen) atoms. The lowest BCUT2D eigenvalue weighted by molar-refractivity contribution is -0.139. The predicted molar refractivity (Wildman–Crippen MR) is 156 cm³/mol. The van der Waals surface area contributed by atoms with E-state index in [0.29, 0.717) is 23.7 Å². The summed E-state index contributed by atoms with van der Waals surface area (Å²) < 4.78 is 0. The Balaban J connectivity index is 1.85. The molecule has 2 unspecified atom stereocenters. The van der Waals surface area contributed by atoms with Crippen molar-refractivity contribution in [3.63, 3.8) is 0 Å². The number of carbonyl (C=O) groups is 2. The molecule has 2 amide bonds. The molecule has 1 N–H and O–H groups in total. The third kappa shape index (κ3) is 9.24. The number of rotatable bonds is 12. The molecule has 0 bridgehead atoms. The van der Waals surface area contributed by atoms with Gasteiger partial charge in [-0.3, -0.25) is 9.59 Å². The molecule has 0 saturated carbocycles. The zero-order valence-corrected chi connectivity index (χ0v) is 23.7. The fraction of sp³-hybridized carbons (Fsp3) is 0.355. The summed E-state index contributed by atoms with van der Waals surface area (Å²) in [6.45, 7) is 8.54. The highest BCUT2D eigenvalue weighted by Gasteiger charge is 2.30. The highest BCUT2D eigenvalue weighted by atomic mass is 35.5. The average molecular weight is 537 g/mol. The van der Waals surface area contributed by atoms with E-state index in [4.69, 9.17) is 11.6 Å². The Morgan fingerprint density at radius 3 is 2.19 bits per heavy atom. The molecule has 3 aromatic carbocycles. The second-order valence-electron chi connectivity index (χ2n) is 9.66. The third-order valence-corrected chi connectivity index (χ3v) is 7.55. The molecule has 0 radical (unpaired) electrons. The van der Waals surface area contributed by atoms with Crippen LogP contribution in [0.25, 0.3) is 0 Å². The van der Waals surface area contributed by atoms with Gasteiger partial charge in [0.05, 0.1) is 5.75 Å². The number of hydrogen-bond donors (Lipinski definition) is 1. The van der Waals surface area contributed by atoms with E-state index in [1.54, 1.807) is 16.7 Å². The molecular formula is C31H37ClN2O2S. The van der Waals surface area contributed by atoms with Crippen molar-refractivity contribution in [3.8, 4) is 0 Å². The number of hydrogen-bond acceptors (Lipinski definition) is 3. The van der Waals surface area contributed by atoms with Crippen LogP contribution in [0.1, 0.15) is 48.1 Å². The van der Waals surface area contributed by atoms with E-state index in [2.05, 4.69) is 37.4 Å². The van der Waals surface area contributed by atoms with Crippen molar-refractivity contribution in [1.29, 1.82) is 0 Å². The average Bonchev–Trinajstić information content (AvgIpc) is 2.87. The van der Waals surface area contributed by atoms with Crippen molar-refractivity contribution in [2.75, 3.05) is 5.75 Å². The Morgan fingerprint density at radius 2 is 1.57 bits per heavy atom. The van der Waals surface area contributed by atoms with E-state index in [1.165, 1.54) is 16.7 Å². The van der Waals surface area contributed by atoms with Crippen molar-refractivity contribution in [2.45, 2.75) is 64.9 Å². The van der Waals surface area contributed by atoms with Crippen LogP contribution in [0.3, 0.4) is 0 Å². The molecule has 0 saturated heterocycles. The quantitative estimate of drug-likeness (QED) is 0.279. The Labute approximate surface area is 230 Å². The van der Waals surface area contributed by atoms with Crippen molar-refractivity contribution in [2.24, 2.45) is 0 Å². The molecule has 3 aromatic rings. The summed E-state index contributed by atoms with van der Waals surface area (Å²) in [7, 11) is 0. The largest absolute Gasteiger partial charge is 0.352 e. The first kappa shape index (κ1) is 28.8. The molecule has 196 valence electrons. The van der Waals surface area contributed by atoms with Gasteiger partial charge in [0.2, 0.25) is 11.8 Å². The van der Waals surface area contributed by atoms with Crippen molar-refractivity contribution in [3.05, 3.63) is 106 Å². The van der Waals surface area contributed by atoms with Gasteiger partial charge in [-0.15, -0.1) is 11.8 Å². The predicted octanol–water partition coefficient (Wildman–Crippen LogP) is 6.74. The van der Waals surface area contributed by atoms with Gasteiger partial charge in [0.1, 0.15) is 6.04 Å². The summed E-state index contributed by atoms with van der Waals surface area (Å²) in [4.78, 5) is 29.0. The number of aryl methyl sites for hydroxylation is 2. The number of amides is 2. The SMILES string of the molecule is CCC(C)NC(=O)C(Cc1ccccc1)N(Cc1ccc(Cl)cc1)C(=O)CSCc1cc(C)cc(C)c1. The molecule has 0 fully saturated rings. The zero-order valence-electron chi connectivity index (χ0n) is 22.2. The second kappa shape index (κ2) is 14.3. The van der Waals surface area contributed by atoms with Gasteiger partial charge in [0.15, 0.2) is 0 Å². The maximum atomic E-state index is 13.7. The fourth-order valence-corrected chi connectivity index (χ4v) is 5.24. The number of nitrogens with one attached hydrogen (secondary N) is 1. The fourth-order valence-electron chi connectivity index (χ4n) is 4.27. The van der Waals surface area contributed by atoms with Crippen LogP contribution in [0.15, 0.2) is 72.8 Å². The van der Waals surface area contributed by atoms with Gasteiger partial charge < -0.3 is 10.2 Å². The van der Waals surface area contributed by atoms with Gasteiger partial charge in [-0.2, -0.15) is 0 Å². The van der Waals surface area contributed by atoms with E-state index in [9.17, 15) is 9.59 Å². The highest BCUT2D eigenvalue weighted by Crippen LogP contribution is 2.21. The Bertz CT molecular complexity index is 1150. The van der Waals surface area contributed by atoms with E-state index >= 15 is 0 Å².